The molecule has 94 valence electrons. The Labute approximate surface area is 105 Å². The molecule has 0 saturated carbocycles. The average molecular weight is 245 g/mol. The predicted molar refractivity (Wildman–Crippen MR) is 67.2 cm³/mol. The SMILES string of the molecule is NC(=O)c1nn(C[C@@H]2CCOC2)c2ccccc12. The summed E-state index contributed by atoms with van der Waals surface area (Å²) in [6, 6.07) is 7.67. The van der Waals surface area contributed by atoms with Crippen molar-refractivity contribution >= 4 is 16.8 Å². The Morgan fingerprint density at radius 1 is 1.50 bits per heavy atom. The van der Waals surface area contributed by atoms with Gasteiger partial charge in [0.15, 0.2) is 5.69 Å². The van der Waals surface area contributed by atoms with Gasteiger partial charge in [-0.3, -0.25) is 9.48 Å². The molecule has 2 heterocycles. The number of hydrogen-bond donors (Lipinski definition) is 1. The third-order valence-corrected chi connectivity index (χ3v) is 3.35. The fourth-order valence-corrected chi connectivity index (χ4v) is 2.42. The first kappa shape index (κ1) is 11.2. The van der Waals surface area contributed by atoms with E-state index < -0.39 is 5.91 Å². The number of hydrogen-bond acceptors (Lipinski definition) is 3. The number of carbonyl (C=O) groups excluding carboxylic acids is 1. The lowest BCUT2D eigenvalue weighted by Crippen LogP contribution is -2.15. The van der Waals surface area contributed by atoms with Crippen LogP contribution in [0.3, 0.4) is 0 Å². The lowest BCUT2D eigenvalue weighted by molar-refractivity contribution is 0.0996. The number of carbonyl (C=O) groups is 1. The molecule has 18 heavy (non-hydrogen) atoms. The van der Waals surface area contributed by atoms with Crippen LogP contribution in [0.2, 0.25) is 0 Å². The lowest BCUT2D eigenvalue weighted by Gasteiger charge is -2.08. The van der Waals surface area contributed by atoms with Crippen molar-refractivity contribution in [2.24, 2.45) is 11.7 Å². The second-order valence-corrected chi connectivity index (χ2v) is 4.64. The molecular weight excluding hydrogens is 230 g/mol. The van der Waals surface area contributed by atoms with Crippen LogP contribution in [-0.2, 0) is 11.3 Å². The van der Waals surface area contributed by atoms with Crippen molar-refractivity contribution < 1.29 is 9.53 Å². The molecule has 0 aliphatic carbocycles. The Bertz CT molecular complexity index is 585. The van der Waals surface area contributed by atoms with Crippen molar-refractivity contribution in [2.75, 3.05) is 13.2 Å². The third-order valence-electron chi connectivity index (χ3n) is 3.35. The molecule has 1 aliphatic rings. The van der Waals surface area contributed by atoms with Crippen LogP contribution >= 0.6 is 0 Å². The van der Waals surface area contributed by atoms with E-state index in [2.05, 4.69) is 5.10 Å². The van der Waals surface area contributed by atoms with Crippen LogP contribution < -0.4 is 5.73 Å². The van der Waals surface area contributed by atoms with E-state index in [1.54, 1.807) is 0 Å². The van der Waals surface area contributed by atoms with Crippen LogP contribution in [-0.4, -0.2) is 28.9 Å². The molecule has 1 fully saturated rings. The van der Waals surface area contributed by atoms with E-state index >= 15 is 0 Å². The van der Waals surface area contributed by atoms with Gasteiger partial charge in [-0.05, 0) is 12.5 Å². The maximum Gasteiger partial charge on any atom is 0.269 e. The first-order valence-electron chi connectivity index (χ1n) is 6.09. The van der Waals surface area contributed by atoms with Crippen LogP contribution in [0.4, 0.5) is 0 Å². The van der Waals surface area contributed by atoms with Gasteiger partial charge in [0.2, 0.25) is 0 Å². The maximum absolute atomic E-state index is 11.4. The Hall–Kier alpha value is -1.88. The molecule has 3 rings (SSSR count). The zero-order valence-electron chi connectivity index (χ0n) is 10.0. The Kier molecular flexibility index (Phi) is 2.76. The standard InChI is InChI=1S/C13H15N3O2/c14-13(17)12-10-3-1-2-4-11(10)16(15-12)7-9-5-6-18-8-9/h1-4,9H,5-8H2,(H2,14,17)/t9-/m0/s1. The van der Waals surface area contributed by atoms with Gasteiger partial charge in [0.05, 0.1) is 12.1 Å². The van der Waals surface area contributed by atoms with Crippen molar-refractivity contribution in [2.45, 2.75) is 13.0 Å². The maximum atomic E-state index is 11.4. The first-order chi connectivity index (χ1) is 8.75. The highest BCUT2D eigenvalue weighted by Gasteiger charge is 2.20. The van der Waals surface area contributed by atoms with E-state index in [1.165, 1.54) is 0 Å². The summed E-state index contributed by atoms with van der Waals surface area (Å²) in [4.78, 5) is 11.4. The number of aromatic nitrogens is 2. The molecule has 1 amide bonds. The topological polar surface area (TPSA) is 70.1 Å². The highest BCUT2D eigenvalue weighted by atomic mass is 16.5. The fraction of sp³-hybridized carbons (Fsp3) is 0.385. The molecule has 0 bridgehead atoms. The smallest absolute Gasteiger partial charge is 0.269 e. The van der Waals surface area contributed by atoms with Gasteiger partial charge < -0.3 is 10.5 Å². The molecule has 1 saturated heterocycles. The Morgan fingerprint density at radius 3 is 3.06 bits per heavy atom. The summed E-state index contributed by atoms with van der Waals surface area (Å²) < 4.78 is 7.23. The minimum Gasteiger partial charge on any atom is -0.381 e. The Balaban J connectivity index is 2.02. The molecule has 1 atom stereocenters. The lowest BCUT2D eigenvalue weighted by atomic mass is 10.1. The van der Waals surface area contributed by atoms with Gasteiger partial charge in [-0.2, -0.15) is 5.10 Å². The molecule has 2 aromatic rings. The number of nitrogens with two attached hydrogens (primary N) is 1. The van der Waals surface area contributed by atoms with Crippen molar-refractivity contribution in [1.29, 1.82) is 0 Å². The van der Waals surface area contributed by atoms with Crippen molar-refractivity contribution in [3.8, 4) is 0 Å². The van der Waals surface area contributed by atoms with Crippen molar-refractivity contribution in [1.82, 2.24) is 9.78 Å². The molecule has 0 radical (unpaired) electrons. The number of primary amides is 1. The van der Waals surface area contributed by atoms with E-state index in [4.69, 9.17) is 10.5 Å². The fourth-order valence-electron chi connectivity index (χ4n) is 2.42. The Morgan fingerprint density at radius 2 is 2.33 bits per heavy atom. The molecule has 2 N–H and O–H groups in total. The van der Waals surface area contributed by atoms with E-state index in [0.717, 1.165) is 37.1 Å². The van der Waals surface area contributed by atoms with Crippen molar-refractivity contribution in [3.05, 3.63) is 30.0 Å². The predicted octanol–water partition coefficient (Wildman–Crippen LogP) is 1.17. The van der Waals surface area contributed by atoms with E-state index in [0.29, 0.717) is 11.6 Å². The number of para-hydroxylation sites is 1. The summed E-state index contributed by atoms with van der Waals surface area (Å²) in [5, 5.41) is 5.16. The number of fused-ring (bicyclic) bond motifs is 1. The summed E-state index contributed by atoms with van der Waals surface area (Å²) in [5.41, 5.74) is 6.67. The van der Waals surface area contributed by atoms with E-state index in [9.17, 15) is 4.79 Å². The molecule has 5 heteroatoms. The van der Waals surface area contributed by atoms with Crippen LogP contribution in [0.5, 0.6) is 0 Å². The molecule has 1 aromatic carbocycles. The molecule has 0 spiro atoms. The summed E-state index contributed by atoms with van der Waals surface area (Å²) >= 11 is 0. The summed E-state index contributed by atoms with van der Waals surface area (Å²) in [6.07, 6.45) is 1.04. The third kappa shape index (κ3) is 1.86. The minimum atomic E-state index is -0.479. The van der Waals surface area contributed by atoms with Gasteiger partial charge in [-0.15, -0.1) is 0 Å². The normalized spacial score (nSPS) is 19.4. The van der Waals surface area contributed by atoms with E-state index in [-0.39, 0.29) is 0 Å². The first-order valence-corrected chi connectivity index (χ1v) is 6.09. The van der Waals surface area contributed by atoms with Crippen LogP contribution in [0, 0.1) is 5.92 Å². The molecule has 0 unspecified atom stereocenters. The van der Waals surface area contributed by atoms with Gasteiger partial charge in [-0.1, -0.05) is 18.2 Å². The molecule has 1 aliphatic heterocycles. The highest BCUT2D eigenvalue weighted by molar-refractivity contribution is 6.04. The largest absolute Gasteiger partial charge is 0.381 e. The summed E-state index contributed by atoms with van der Waals surface area (Å²) in [7, 11) is 0. The summed E-state index contributed by atoms with van der Waals surface area (Å²) in [6.45, 7) is 2.35. The number of ether oxygens (including phenoxy) is 1. The number of benzene rings is 1. The van der Waals surface area contributed by atoms with Gasteiger partial charge in [0, 0.05) is 24.5 Å². The number of rotatable bonds is 3. The monoisotopic (exact) mass is 245 g/mol. The van der Waals surface area contributed by atoms with E-state index in [1.807, 2.05) is 28.9 Å². The van der Waals surface area contributed by atoms with Crippen LogP contribution in [0.1, 0.15) is 16.9 Å². The molecule has 5 nitrogen and oxygen atoms in total. The summed E-state index contributed by atoms with van der Waals surface area (Å²) in [5.74, 6) is -0.0124. The van der Waals surface area contributed by atoms with Gasteiger partial charge in [0.25, 0.3) is 5.91 Å². The minimum absolute atomic E-state index is 0.351. The van der Waals surface area contributed by atoms with Crippen molar-refractivity contribution in [3.63, 3.8) is 0 Å². The zero-order chi connectivity index (χ0) is 12.5. The van der Waals surface area contributed by atoms with Gasteiger partial charge in [0.1, 0.15) is 0 Å². The second-order valence-electron chi connectivity index (χ2n) is 4.64. The molecular formula is C13H15N3O2. The number of nitrogens with zero attached hydrogens (tertiary/aromatic N) is 2. The quantitative estimate of drug-likeness (QED) is 0.882. The highest BCUT2D eigenvalue weighted by Crippen LogP contribution is 2.21. The van der Waals surface area contributed by atoms with Gasteiger partial charge in [-0.25, -0.2) is 0 Å². The van der Waals surface area contributed by atoms with Crippen LogP contribution in [0.15, 0.2) is 24.3 Å². The molecule has 1 aromatic heterocycles. The second kappa shape index (κ2) is 4.42. The number of amides is 1. The van der Waals surface area contributed by atoms with Crippen LogP contribution in [0.25, 0.3) is 10.9 Å². The van der Waals surface area contributed by atoms with Gasteiger partial charge >= 0.3 is 0 Å². The average Bonchev–Trinajstić information content (AvgIpc) is 2.98. The zero-order valence-corrected chi connectivity index (χ0v) is 10.0.